The molecular formula is C20H22N4O3S. The Hall–Kier alpha value is -2.45. The van der Waals surface area contributed by atoms with Gasteiger partial charge in [0.05, 0.1) is 11.5 Å². The largest absolute Gasteiger partial charge is 0.493 e. The number of fused-ring (bicyclic) bond motifs is 2. The maximum atomic E-state index is 13.1. The summed E-state index contributed by atoms with van der Waals surface area (Å²) in [5.41, 5.74) is 4.25. The smallest absolute Gasteiger partial charge is 0.243 e. The number of hydrogen-bond acceptors (Lipinski definition) is 5. The van der Waals surface area contributed by atoms with Gasteiger partial charge in [-0.1, -0.05) is 0 Å². The van der Waals surface area contributed by atoms with Gasteiger partial charge in [0.1, 0.15) is 12.1 Å². The zero-order chi connectivity index (χ0) is 19.3. The monoisotopic (exact) mass is 398 g/mol. The molecule has 1 aromatic carbocycles. The van der Waals surface area contributed by atoms with Crippen molar-refractivity contribution in [3.05, 3.63) is 53.5 Å². The summed E-state index contributed by atoms with van der Waals surface area (Å²) < 4.78 is 35.2. The summed E-state index contributed by atoms with van der Waals surface area (Å²) in [6.45, 7) is 3.76. The van der Waals surface area contributed by atoms with E-state index in [-0.39, 0.29) is 0 Å². The van der Waals surface area contributed by atoms with Gasteiger partial charge in [0.25, 0.3) is 0 Å². The van der Waals surface area contributed by atoms with Crippen LogP contribution < -0.4 is 4.74 Å². The van der Waals surface area contributed by atoms with Crippen LogP contribution in [0.4, 0.5) is 0 Å². The number of benzene rings is 1. The molecule has 0 saturated carbocycles. The van der Waals surface area contributed by atoms with Crippen molar-refractivity contribution in [2.24, 2.45) is 0 Å². The molecule has 0 unspecified atom stereocenters. The Kier molecular flexibility index (Phi) is 4.13. The van der Waals surface area contributed by atoms with Crippen LogP contribution in [0.3, 0.4) is 0 Å². The highest BCUT2D eigenvalue weighted by molar-refractivity contribution is 7.89. The number of rotatable bonds is 3. The van der Waals surface area contributed by atoms with Crippen molar-refractivity contribution >= 4 is 15.7 Å². The molecule has 1 fully saturated rings. The van der Waals surface area contributed by atoms with E-state index < -0.39 is 10.0 Å². The van der Waals surface area contributed by atoms with Crippen LogP contribution in [0.5, 0.6) is 5.75 Å². The Bertz CT molecular complexity index is 1150. The average Bonchev–Trinajstić information content (AvgIpc) is 3.35. The number of sulfonamides is 1. The summed E-state index contributed by atoms with van der Waals surface area (Å²) in [5, 5.41) is 8.03. The van der Waals surface area contributed by atoms with Crippen LogP contribution in [-0.4, -0.2) is 47.0 Å². The second kappa shape index (κ2) is 6.56. The molecule has 5 rings (SSSR count). The fourth-order valence-electron chi connectivity index (χ4n) is 4.29. The normalized spacial score (nSPS) is 18.3. The second-order valence-electron chi connectivity index (χ2n) is 7.55. The van der Waals surface area contributed by atoms with E-state index in [0.29, 0.717) is 30.5 Å². The Morgan fingerprint density at radius 1 is 1.18 bits per heavy atom. The molecule has 2 aromatic heterocycles. The lowest BCUT2D eigenvalue weighted by Gasteiger charge is -2.32. The van der Waals surface area contributed by atoms with Crippen molar-refractivity contribution in [3.63, 3.8) is 0 Å². The highest BCUT2D eigenvalue weighted by Crippen LogP contribution is 2.34. The SMILES string of the molecule is Cc1cc2nncn2cc1C1CCN(S(=O)(=O)c2ccc3c(c2)CCO3)CC1. The van der Waals surface area contributed by atoms with Gasteiger partial charge in [-0.25, -0.2) is 8.42 Å². The van der Waals surface area contributed by atoms with Crippen LogP contribution in [0.25, 0.3) is 5.65 Å². The van der Waals surface area contributed by atoms with Crippen molar-refractivity contribution in [2.75, 3.05) is 19.7 Å². The first-order valence-corrected chi connectivity index (χ1v) is 11.0. The molecule has 8 heteroatoms. The van der Waals surface area contributed by atoms with E-state index in [4.69, 9.17) is 4.74 Å². The van der Waals surface area contributed by atoms with Gasteiger partial charge in [-0.15, -0.1) is 10.2 Å². The van der Waals surface area contributed by atoms with E-state index in [1.165, 1.54) is 11.1 Å². The maximum Gasteiger partial charge on any atom is 0.243 e. The molecule has 2 aliphatic rings. The van der Waals surface area contributed by atoms with E-state index in [0.717, 1.165) is 36.2 Å². The molecule has 0 radical (unpaired) electrons. The maximum absolute atomic E-state index is 13.1. The molecule has 0 spiro atoms. The molecule has 0 amide bonds. The zero-order valence-corrected chi connectivity index (χ0v) is 16.5. The molecule has 0 atom stereocenters. The van der Waals surface area contributed by atoms with E-state index in [1.807, 2.05) is 10.5 Å². The lowest BCUT2D eigenvalue weighted by molar-refractivity contribution is 0.318. The Morgan fingerprint density at radius 2 is 2.00 bits per heavy atom. The molecule has 0 aliphatic carbocycles. The van der Waals surface area contributed by atoms with Gasteiger partial charge < -0.3 is 4.74 Å². The first kappa shape index (κ1) is 17.6. The van der Waals surface area contributed by atoms with Gasteiger partial charge in [-0.2, -0.15) is 4.31 Å². The fraction of sp³-hybridized carbons (Fsp3) is 0.400. The Labute approximate surface area is 164 Å². The van der Waals surface area contributed by atoms with Gasteiger partial charge in [0.2, 0.25) is 10.0 Å². The molecule has 28 heavy (non-hydrogen) atoms. The third kappa shape index (κ3) is 2.87. The van der Waals surface area contributed by atoms with Crippen LogP contribution in [0, 0.1) is 6.92 Å². The number of aromatic nitrogens is 3. The first-order valence-electron chi connectivity index (χ1n) is 9.58. The molecule has 146 valence electrons. The highest BCUT2D eigenvalue weighted by atomic mass is 32.2. The summed E-state index contributed by atoms with van der Waals surface area (Å²) in [4.78, 5) is 0.372. The van der Waals surface area contributed by atoms with Crippen LogP contribution in [-0.2, 0) is 16.4 Å². The molecule has 0 N–H and O–H groups in total. The average molecular weight is 398 g/mol. The zero-order valence-electron chi connectivity index (χ0n) is 15.7. The van der Waals surface area contributed by atoms with Gasteiger partial charge in [0.15, 0.2) is 5.65 Å². The molecule has 4 heterocycles. The minimum atomic E-state index is -3.47. The summed E-state index contributed by atoms with van der Waals surface area (Å²) >= 11 is 0. The quantitative estimate of drug-likeness (QED) is 0.678. The van der Waals surface area contributed by atoms with Gasteiger partial charge in [-0.3, -0.25) is 4.40 Å². The fourth-order valence-corrected chi connectivity index (χ4v) is 5.81. The minimum absolute atomic E-state index is 0.340. The van der Waals surface area contributed by atoms with Crippen molar-refractivity contribution < 1.29 is 13.2 Å². The van der Waals surface area contributed by atoms with E-state index in [9.17, 15) is 8.42 Å². The predicted molar refractivity (Wildman–Crippen MR) is 104 cm³/mol. The van der Waals surface area contributed by atoms with Crippen molar-refractivity contribution in [2.45, 2.75) is 37.0 Å². The van der Waals surface area contributed by atoms with Crippen molar-refractivity contribution in [3.8, 4) is 5.75 Å². The minimum Gasteiger partial charge on any atom is -0.493 e. The topological polar surface area (TPSA) is 76.8 Å². The van der Waals surface area contributed by atoms with Crippen molar-refractivity contribution in [1.29, 1.82) is 0 Å². The molecular weight excluding hydrogens is 376 g/mol. The summed E-state index contributed by atoms with van der Waals surface area (Å²) in [5.74, 6) is 1.14. The van der Waals surface area contributed by atoms with Gasteiger partial charge in [-0.05, 0) is 66.6 Å². The number of aryl methyl sites for hydroxylation is 1. The Balaban J connectivity index is 1.35. The number of piperidine rings is 1. The first-order chi connectivity index (χ1) is 13.5. The van der Waals surface area contributed by atoms with Crippen LogP contribution in [0.15, 0.2) is 41.7 Å². The van der Waals surface area contributed by atoms with Crippen LogP contribution >= 0.6 is 0 Å². The van der Waals surface area contributed by atoms with Crippen molar-refractivity contribution in [1.82, 2.24) is 18.9 Å². The summed E-state index contributed by atoms with van der Waals surface area (Å²) in [6.07, 6.45) is 6.17. The summed E-state index contributed by atoms with van der Waals surface area (Å²) in [6, 6.07) is 7.25. The van der Waals surface area contributed by atoms with Crippen LogP contribution in [0.2, 0.25) is 0 Å². The summed E-state index contributed by atoms with van der Waals surface area (Å²) in [7, 11) is -3.47. The second-order valence-corrected chi connectivity index (χ2v) is 9.49. The standard InChI is InChI=1S/C20H22N4O3S/c1-14-10-20-22-21-13-23(20)12-18(14)15-4-7-24(8-5-15)28(25,26)17-2-3-19-16(11-17)6-9-27-19/h2-3,10-13,15H,4-9H2,1H3. The number of nitrogens with zero attached hydrogens (tertiary/aromatic N) is 4. The molecule has 1 saturated heterocycles. The van der Waals surface area contributed by atoms with E-state index >= 15 is 0 Å². The Morgan fingerprint density at radius 3 is 2.82 bits per heavy atom. The van der Waals surface area contributed by atoms with Crippen LogP contribution in [0.1, 0.15) is 35.4 Å². The number of hydrogen-bond donors (Lipinski definition) is 0. The molecule has 0 bridgehead atoms. The predicted octanol–water partition coefficient (Wildman–Crippen LogP) is 2.54. The highest BCUT2D eigenvalue weighted by Gasteiger charge is 2.31. The van der Waals surface area contributed by atoms with Gasteiger partial charge >= 0.3 is 0 Å². The lowest BCUT2D eigenvalue weighted by atomic mass is 9.89. The van der Waals surface area contributed by atoms with E-state index in [1.54, 1.807) is 28.8 Å². The van der Waals surface area contributed by atoms with Gasteiger partial charge in [0, 0.05) is 25.7 Å². The number of pyridine rings is 1. The third-order valence-corrected chi connectivity index (χ3v) is 7.77. The molecule has 2 aliphatic heterocycles. The molecule has 7 nitrogen and oxygen atoms in total. The molecule has 3 aromatic rings. The lowest BCUT2D eigenvalue weighted by Crippen LogP contribution is -2.38. The number of ether oxygens (including phenoxy) is 1. The van der Waals surface area contributed by atoms with E-state index in [2.05, 4.69) is 23.3 Å². The third-order valence-electron chi connectivity index (χ3n) is 5.87.